The molecule has 8 nitrogen and oxygen atoms in total. The number of carbonyl (C=O) groups excluding carboxylic acids is 1. The number of methoxy groups -OCH3 is 2. The van der Waals surface area contributed by atoms with Crippen LogP contribution in [0.1, 0.15) is 5.82 Å². The Bertz CT molecular complexity index is 766. The van der Waals surface area contributed by atoms with E-state index in [1.165, 1.54) is 14.2 Å². The van der Waals surface area contributed by atoms with Crippen LogP contribution in [0.15, 0.2) is 23.4 Å². The summed E-state index contributed by atoms with van der Waals surface area (Å²) in [6, 6.07) is 4.78. The van der Waals surface area contributed by atoms with Gasteiger partial charge in [-0.05, 0) is 12.1 Å². The number of hydrogen-bond acceptors (Lipinski definition) is 7. The summed E-state index contributed by atoms with van der Waals surface area (Å²) in [5.74, 6) is 4.17. The lowest BCUT2D eigenvalue weighted by molar-refractivity contribution is -0.146. The first-order valence-electron chi connectivity index (χ1n) is 6.68. The second-order valence-electron chi connectivity index (χ2n) is 4.58. The monoisotopic (exact) mass is 377 g/mol. The van der Waals surface area contributed by atoms with E-state index in [0.29, 0.717) is 21.9 Å². The molecule has 1 aromatic heterocycles. The number of anilines is 1. The number of carbonyl (C=O) groups is 1. The molecule has 0 aliphatic heterocycles. The number of nitrogens with zero attached hydrogens (tertiary/aromatic N) is 3. The van der Waals surface area contributed by atoms with Gasteiger partial charge in [-0.25, -0.2) is 4.68 Å². The van der Waals surface area contributed by atoms with Gasteiger partial charge in [-0.3, -0.25) is 4.79 Å². The number of nitrogens with two attached hydrogens (primary N) is 1. The van der Waals surface area contributed by atoms with E-state index in [-0.39, 0.29) is 10.9 Å². The summed E-state index contributed by atoms with van der Waals surface area (Å²) in [6.07, 6.45) is -4.72. The molecule has 3 N–H and O–H groups in total. The number of amides is 1. The highest BCUT2D eigenvalue weighted by Gasteiger charge is 2.38. The summed E-state index contributed by atoms with van der Waals surface area (Å²) in [5.41, 5.74) is 0.388. The van der Waals surface area contributed by atoms with Gasteiger partial charge >= 0.3 is 6.18 Å². The van der Waals surface area contributed by atoms with Crippen molar-refractivity contribution in [2.24, 2.45) is 0 Å². The molecule has 0 saturated carbocycles. The predicted molar refractivity (Wildman–Crippen MR) is 84.1 cm³/mol. The molecule has 12 heteroatoms. The van der Waals surface area contributed by atoms with Crippen molar-refractivity contribution in [3.8, 4) is 11.5 Å². The lowest BCUT2D eigenvalue weighted by atomic mass is 10.2. The highest BCUT2D eigenvalue weighted by atomic mass is 32.2. The van der Waals surface area contributed by atoms with Gasteiger partial charge in [0.2, 0.25) is 11.1 Å². The molecule has 0 aliphatic carbocycles. The molecule has 0 unspecified atom stereocenters. The predicted octanol–water partition coefficient (Wildman–Crippen LogP) is 1.76. The second kappa shape index (κ2) is 7.51. The van der Waals surface area contributed by atoms with Gasteiger partial charge in [-0.15, -0.1) is 10.2 Å². The van der Waals surface area contributed by atoms with Crippen molar-refractivity contribution < 1.29 is 27.4 Å². The number of aromatic nitrogens is 3. The van der Waals surface area contributed by atoms with E-state index in [0.717, 1.165) is 11.8 Å². The first-order valence-corrected chi connectivity index (χ1v) is 7.67. The Morgan fingerprint density at radius 3 is 2.60 bits per heavy atom. The van der Waals surface area contributed by atoms with Gasteiger partial charge in [-0.2, -0.15) is 13.2 Å². The van der Waals surface area contributed by atoms with E-state index < -0.39 is 17.9 Å². The average Bonchev–Trinajstić information content (AvgIpc) is 2.94. The zero-order valence-electron chi connectivity index (χ0n) is 13.1. The molecule has 2 rings (SSSR count). The highest BCUT2D eigenvalue weighted by Crippen LogP contribution is 2.30. The van der Waals surface area contributed by atoms with Gasteiger partial charge in [-0.1, -0.05) is 11.8 Å². The molecule has 0 aliphatic rings. The molecule has 0 saturated heterocycles. The maximum absolute atomic E-state index is 12.6. The van der Waals surface area contributed by atoms with Gasteiger partial charge in [0, 0.05) is 6.07 Å². The van der Waals surface area contributed by atoms with Crippen molar-refractivity contribution in [1.82, 2.24) is 14.9 Å². The Balaban J connectivity index is 2.01. The van der Waals surface area contributed by atoms with Gasteiger partial charge in [0.05, 0.1) is 25.7 Å². The van der Waals surface area contributed by atoms with Crippen LogP contribution in [-0.4, -0.2) is 40.8 Å². The minimum Gasteiger partial charge on any atom is -0.497 e. The van der Waals surface area contributed by atoms with Gasteiger partial charge in [0.1, 0.15) is 11.5 Å². The van der Waals surface area contributed by atoms with E-state index in [1.54, 1.807) is 18.2 Å². The number of benzene rings is 1. The van der Waals surface area contributed by atoms with Crippen LogP contribution >= 0.6 is 11.8 Å². The lowest BCUT2D eigenvalue weighted by Crippen LogP contribution is -2.22. The number of thioether (sulfide) groups is 1. The van der Waals surface area contributed by atoms with E-state index in [1.807, 2.05) is 0 Å². The number of halogens is 3. The third kappa shape index (κ3) is 4.47. The van der Waals surface area contributed by atoms with Crippen LogP contribution in [0.4, 0.5) is 18.9 Å². The topological polar surface area (TPSA) is 104 Å². The normalized spacial score (nSPS) is 11.2. The average molecular weight is 377 g/mol. The summed E-state index contributed by atoms with van der Waals surface area (Å²) in [6.45, 7) is 0. The number of nitrogens with one attached hydrogen (secondary N) is 1. The largest absolute Gasteiger partial charge is 0.497 e. The molecule has 0 radical (unpaired) electrons. The van der Waals surface area contributed by atoms with Gasteiger partial charge in [0.25, 0.3) is 5.82 Å². The highest BCUT2D eigenvalue weighted by molar-refractivity contribution is 7.99. The van der Waals surface area contributed by atoms with E-state index in [9.17, 15) is 18.0 Å². The van der Waals surface area contributed by atoms with Crippen LogP contribution in [0.5, 0.6) is 11.5 Å². The van der Waals surface area contributed by atoms with Crippen molar-refractivity contribution in [2.75, 3.05) is 31.1 Å². The minimum atomic E-state index is -4.72. The fourth-order valence-electron chi connectivity index (χ4n) is 1.79. The van der Waals surface area contributed by atoms with Gasteiger partial charge in [0.15, 0.2) is 0 Å². The maximum Gasteiger partial charge on any atom is 0.453 e. The maximum atomic E-state index is 12.6. The van der Waals surface area contributed by atoms with Crippen LogP contribution in [-0.2, 0) is 11.0 Å². The van der Waals surface area contributed by atoms with Crippen LogP contribution in [0.2, 0.25) is 0 Å². The molecule has 136 valence electrons. The number of hydrogen-bond donors (Lipinski definition) is 2. The first kappa shape index (κ1) is 18.7. The van der Waals surface area contributed by atoms with Crippen LogP contribution in [0, 0.1) is 0 Å². The van der Waals surface area contributed by atoms with Crippen LogP contribution in [0.3, 0.4) is 0 Å². The molecule has 1 heterocycles. The van der Waals surface area contributed by atoms with Crippen LogP contribution < -0.4 is 20.6 Å². The zero-order chi connectivity index (χ0) is 18.6. The van der Waals surface area contributed by atoms with Crippen LogP contribution in [0.25, 0.3) is 0 Å². The SMILES string of the molecule is COc1ccc(NC(=O)CSc2nnc(C(F)(F)F)n2N)c(OC)c1. The van der Waals surface area contributed by atoms with Crippen molar-refractivity contribution >= 4 is 23.4 Å². The van der Waals surface area contributed by atoms with Gasteiger partial charge < -0.3 is 20.6 Å². The first-order chi connectivity index (χ1) is 11.8. The summed E-state index contributed by atoms with van der Waals surface area (Å²) in [4.78, 5) is 12.0. The summed E-state index contributed by atoms with van der Waals surface area (Å²) in [7, 11) is 2.91. The second-order valence-corrected chi connectivity index (χ2v) is 5.52. The standard InChI is InChI=1S/C13H14F3N5O3S/c1-23-7-3-4-8(9(5-7)24-2)18-10(22)6-25-12-20-19-11(21(12)17)13(14,15)16/h3-5H,6,17H2,1-2H3,(H,18,22). The summed E-state index contributed by atoms with van der Waals surface area (Å²) in [5, 5.41) is 8.65. The number of nitrogen functional groups attached to an aromatic ring is 1. The zero-order valence-corrected chi connectivity index (χ0v) is 13.9. The Kier molecular flexibility index (Phi) is 5.62. The third-order valence-corrected chi connectivity index (χ3v) is 3.88. The van der Waals surface area contributed by atoms with E-state index in [4.69, 9.17) is 15.3 Å². The molecule has 0 fully saturated rings. The fraction of sp³-hybridized carbons (Fsp3) is 0.308. The van der Waals surface area contributed by atoms with E-state index >= 15 is 0 Å². The smallest absolute Gasteiger partial charge is 0.453 e. The fourth-order valence-corrected chi connectivity index (χ4v) is 2.44. The summed E-state index contributed by atoms with van der Waals surface area (Å²) < 4.78 is 48.2. The molecule has 1 amide bonds. The minimum absolute atomic E-state index is 0.220. The van der Waals surface area contributed by atoms with Crippen molar-refractivity contribution in [3.63, 3.8) is 0 Å². The number of alkyl halides is 3. The summed E-state index contributed by atoms with van der Waals surface area (Å²) >= 11 is 0.719. The molecule has 2 aromatic rings. The van der Waals surface area contributed by atoms with Crippen molar-refractivity contribution in [1.29, 1.82) is 0 Å². The number of ether oxygens (including phenoxy) is 2. The number of rotatable bonds is 6. The Morgan fingerprint density at radius 1 is 1.32 bits per heavy atom. The molecule has 0 atom stereocenters. The Morgan fingerprint density at radius 2 is 2.04 bits per heavy atom. The molecular formula is C13H14F3N5O3S. The Labute approximate surface area is 144 Å². The Hall–Kier alpha value is -2.63. The molecular weight excluding hydrogens is 363 g/mol. The molecule has 0 bridgehead atoms. The molecule has 25 heavy (non-hydrogen) atoms. The molecule has 0 spiro atoms. The van der Waals surface area contributed by atoms with Crippen molar-refractivity contribution in [3.05, 3.63) is 24.0 Å². The lowest BCUT2D eigenvalue weighted by Gasteiger charge is -2.11. The van der Waals surface area contributed by atoms with Crippen molar-refractivity contribution in [2.45, 2.75) is 11.3 Å². The van der Waals surface area contributed by atoms with E-state index in [2.05, 4.69) is 15.5 Å². The molecule has 1 aromatic carbocycles. The third-order valence-electron chi connectivity index (χ3n) is 2.93. The quantitative estimate of drug-likeness (QED) is 0.584.